The maximum Gasteiger partial charge on any atom is 0.320 e. The SMILES string of the molecule is C[C@@H]1C(=O)[C@]23C[C@H]1CC[C@H]2[C@]12CO[C@@H]4OC[C@](C)(CC[C@@H]1OC3=O)[C@@H]42. The molecule has 2 spiro atoms. The number of hydrogen-bond acceptors (Lipinski definition) is 5. The van der Waals surface area contributed by atoms with E-state index in [4.69, 9.17) is 14.2 Å². The summed E-state index contributed by atoms with van der Waals surface area (Å²) in [5.41, 5.74) is -1.06. The highest BCUT2D eigenvalue weighted by atomic mass is 16.7. The zero-order valence-corrected chi connectivity index (χ0v) is 15.0. The van der Waals surface area contributed by atoms with E-state index >= 15 is 0 Å². The Balaban J connectivity index is 1.55. The van der Waals surface area contributed by atoms with Crippen molar-refractivity contribution in [2.75, 3.05) is 13.2 Å². The lowest BCUT2D eigenvalue weighted by Gasteiger charge is -2.60. The zero-order chi connectivity index (χ0) is 17.2. The largest absolute Gasteiger partial charge is 0.461 e. The fraction of sp³-hybridized carbons (Fsp3) is 0.900. The van der Waals surface area contributed by atoms with Crippen molar-refractivity contribution in [3.05, 3.63) is 0 Å². The van der Waals surface area contributed by atoms with Gasteiger partial charge in [0.15, 0.2) is 12.1 Å². The van der Waals surface area contributed by atoms with Gasteiger partial charge in [0.1, 0.15) is 11.5 Å². The molecule has 136 valence electrons. The summed E-state index contributed by atoms with van der Waals surface area (Å²) in [6.07, 6.45) is 4.28. The third kappa shape index (κ3) is 1.41. The number of ketones is 1. The summed E-state index contributed by atoms with van der Waals surface area (Å²) in [5.74, 6) is 0.562. The summed E-state index contributed by atoms with van der Waals surface area (Å²) in [6.45, 7) is 5.61. The van der Waals surface area contributed by atoms with Crippen LogP contribution in [-0.4, -0.2) is 37.4 Å². The van der Waals surface area contributed by atoms with Crippen molar-refractivity contribution >= 4 is 11.8 Å². The summed E-state index contributed by atoms with van der Waals surface area (Å²) in [6, 6.07) is 0. The van der Waals surface area contributed by atoms with Crippen LogP contribution in [0.15, 0.2) is 0 Å². The van der Waals surface area contributed by atoms with Crippen LogP contribution >= 0.6 is 0 Å². The first kappa shape index (κ1) is 15.2. The average Bonchev–Trinajstić information content (AvgIpc) is 3.22. The van der Waals surface area contributed by atoms with Crippen LogP contribution in [0.3, 0.4) is 0 Å². The maximum atomic E-state index is 13.3. The van der Waals surface area contributed by atoms with E-state index in [0.717, 1.165) is 32.3 Å². The monoisotopic (exact) mass is 346 g/mol. The summed E-state index contributed by atoms with van der Waals surface area (Å²) < 4.78 is 18.2. The molecule has 3 aliphatic carbocycles. The van der Waals surface area contributed by atoms with Gasteiger partial charge in [-0.3, -0.25) is 9.59 Å². The number of Topliss-reactive ketones (excluding diaryl/α,β-unsaturated/α-hetero) is 1. The molecular weight excluding hydrogens is 320 g/mol. The molecule has 9 atom stereocenters. The summed E-state index contributed by atoms with van der Waals surface area (Å²) >= 11 is 0. The van der Waals surface area contributed by atoms with Gasteiger partial charge in [-0.05, 0) is 49.4 Å². The molecule has 0 aromatic rings. The highest BCUT2D eigenvalue weighted by molar-refractivity contribution is 6.07. The third-order valence-electron chi connectivity index (χ3n) is 9.08. The molecule has 3 saturated carbocycles. The second kappa shape index (κ2) is 4.30. The van der Waals surface area contributed by atoms with E-state index in [0.29, 0.717) is 18.9 Å². The predicted molar refractivity (Wildman–Crippen MR) is 86.3 cm³/mol. The number of fused-ring (bicyclic) bond motifs is 1. The van der Waals surface area contributed by atoms with Gasteiger partial charge in [0.05, 0.1) is 13.2 Å². The van der Waals surface area contributed by atoms with Crippen molar-refractivity contribution in [3.63, 3.8) is 0 Å². The van der Waals surface area contributed by atoms with E-state index in [1.807, 2.05) is 6.92 Å². The van der Waals surface area contributed by atoms with E-state index in [1.54, 1.807) is 0 Å². The first-order chi connectivity index (χ1) is 11.9. The fourth-order valence-electron chi connectivity index (χ4n) is 8.00. The number of carbonyl (C=O) groups is 2. The van der Waals surface area contributed by atoms with Gasteiger partial charge in [0.25, 0.3) is 0 Å². The lowest BCUT2D eigenvalue weighted by atomic mass is 9.44. The van der Waals surface area contributed by atoms with Crippen molar-refractivity contribution in [1.82, 2.24) is 0 Å². The highest BCUT2D eigenvalue weighted by Gasteiger charge is 2.79. The average molecular weight is 346 g/mol. The standard InChI is InChI=1S/C20H26O5/c1-10-11-3-4-12-19(7-11,15(10)21)17(22)25-13-5-6-18(2)8-23-16-14(18)20(12,13)9-24-16/h10-14,16H,3-9H2,1-2H3/t10-,11+,12+,13-,14+,16-,18-,19-,20+/m0/s1. The molecular formula is C20H26O5. The van der Waals surface area contributed by atoms with E-state index in [1.165, 1.54) is 0 Å². The Morgan fingerprint density at radius 2 is 1.88 bits per heavy atom. The zero-order valence-electron chi connectivity index (χ0n) is 15.0. The molecule has 5 heteroatoms. The quantitative estimate of drug-likeness (QED) is 0.498. The molecule has 6 aliphatic rings. The molecule has 0 radical (unpaired) electrons. The van der Waals surface area contributed by atoms with Crippen molar-refractivity contribution < 1.29 is 23.8 Å². The van der Waals surface area contributed by atoms with E-state index < -0.39 is 5.41 Å². The van der Waals surface area contributed by atoms with E-state index in [9.17, 15) is 9.59 Å². The Morgan fingerprint density at radius 1 is 1.08 bits per heavy atom. The van der Waals surface area contributed by atoms with E-state index in [-0.39, 0.29) is 52.7 Å². The van der Waals surface area contributed by atoms with Crippen LogP contribution in [0, 0.1) is 39.9 Å². The highest BCUT2D eigenvalue weighted by Crippen LogP contribution is 2.72. The first-order valence-electron chi connectivity index (χ1n) is 9.92. The van der Waals surface area contributed by atoms with Gasteiger partial charge in [0.2, 0.25) is 0 Å². The second-order valence-electron chi connectivity index (χ2n) is 9.89. The minimum Gasteiger partial charge on any atom is -0.461 e. The van der Waals surface area contributed by atoms with Gasteiger partial charge in [-0.2, -0.15) is 0 Å². The Bertz CT molecular complexity index is 690. The van der Waals surface area contributed by atoms with Crippen LogP contribution in [0.4, 0.5) is 0 Å². The molecule has 3 aliphatic heterocycles. The number of esters is 1. The molecule has 25 heavy (non-hydrogen) atoms. The Labute approximate surface area is 147 Å². The van der Waals surface area contributed by atoms with E-state index in [2.05, 4.69) is 6.92 Å². The number of carbonyl (C=O) groups excluding carboxylic acids is 2. The smallest absolute Gasteiger partial charge is 0.320 e. The van der Waals surface area contributed by atoms with Crippen molar-refractivity contribution in [1.29, 1.82) is 0 Å². The lowest BCUT2D eigenvalue weighted by Crippen LogP contribution is -2.67. The van der Waals surface area contributed by atoms with Gasteiger partial charge in [-0.1, -0.05) is 13.8 Å². The van der Waals surface area contributed by atoms with Gasteiger partial charge >= 0.3 is 5.97 Å². The molecule has 6 rings (SSSR count). The molecule has 0 N–H and O–H groups in total. The minimum absolute atomic E-state index is 0.0154. The summed E-state index contributed by atoms with van der Waals surface area (Å²) in [5, 5.41) is 0. The van der Waals surface area contributed by atoms with Gasteiger partial charge in [-0.25, -0.2) is 0 Å². The normalized spacial score (nSPS) is 61.5. The fourth-order valence-corrected chi connectivity index (χ4v) is 8.00. The van der Waals surface area contributed by atoms with Gasteiger partial charge in [0, 0.05) is 17.3 Å². The van der Waals surface area contributed by atoms with Crippen LogP contribution in [0.2, 0.25) is 0 Å². The van der Waals surface area contributed by atoms with Gasteiger partial charge < -0.3 is 14.2 Å². The lowest BCUT2D eigenvalue weighted by molar-refractivity contribution is -0.230. The van der Waals surface area contributed by atoms with Crippen molar-refractivity contribution in [2.45, 2.75) is 58.3 Å². The number of hydrogen-bond donors (Lipinski definition) is 0. The summed E-state index contributed by atoms with van der Waals surface area (Å²) in [4.78, 5) is 26.4. The number of rotatable bonds is 0. The maximum absolute atomic E-state index is 13.3. The molecule has 0 aromatic heterocycles. The topological polar surface area (TPSA) is 61.8 Å². The van der Waals surface area contributed by atoms with Crippen LogP contribution in [0.5, 0.6) is 0 Å². The third-order valence-corrected chi connectivity index (χ3v) is 9.08. The minimum atomic E-state index is -0.905. The molecule has 5 nitrogen and oxygen atoms in total. The van der Waals surface area contributed by atoms with Crippen LogP contribution < -0.4 is 0 Å². The van der Waals surface area contributed by atoms with Crippen molar-refractivity contribution in [2.24, 2.45) is 39.9 Å². The Morgan fingerprint density at radius 3 is 2.72 bits per heavy atom. The molecule has 6 fully saturated rings. The van der Waals surface area contributed by atoms with Crippen LogP contribution in [0.25, 0.3) is 0 Å². The second-order valence-corrected chi connectivity index (χ2v) is 9.89. The Hall–Kier alpha value is -0.940. The first-order valence-corrected chi connectivity index (χ1v) is 9.92. The molecule has 0 amide bonds. The van der Waals surface area contributed by atoms with Crippen molar-refractivity contribution in [3.8, 4) is 0 Å². The Kier molecular flexibility index (Phi) is 2.61. The molecule has 3 saturated heterocycles. The predicted octanol–water partition coefficient (Wildman–Crippen LogP) is 2.32. The molecule has 0 unspecified atom stereocenters. The van der Waals surface area contributed by atoms with Gasteiger partial charge in [-0.15, -0.1) is 0 Å². The summed E-state index contributed by atoms with van der Waals surface area (Å²) in [7, 11) is 0. The molecule has 2 bridgehead atoms. The number of ether oxygens (including phenoxy) is 3. The van der Waals surface area contributed by atoms with Crippen LogP contribution in [-0.2, 0) is 23.8 Å². The molecule has 0 aromatic carbocycles. The molecule has 3 heterocycles. The van der Waals surface area contributed by atoms with Crippen LogP contribution in [0.1, 0.15) is 46.0 Å².